The van der Waals surface area contributed by atoms with Crippen LogP contribution in [-0.4, -0.2) is 12.8 Å². The SMILES string of the molecule is CCCCCCCc1cc(F)c(-c2ccc(-c3ccc4c(F)c(OCC(F)(F)F)ccc4c3)c(F)c2)c(F)c1. The fourth-order valence-electron chi connectivity index (χ4n) is 4.59. The molecule has 0 bridgehead atoms. The summed E-state index contributed by atoms with van der Waals surface area (Å²) in [6.07, 6.45) is 1.08. The Morgan fingerprint density at radius 1 is 0.692 bits per heavy atom. The van der Waals surface area contributed by atoms with E-state index in [0.717, 1.165) is 44.2 Å². The van der Waals surface area contributed by atoms with Gasteiger partial charge in [0.2, 0.25) is 0 Å². The quantitative estimate of drug-likeness (QED) is 0.142. The van der Waals surface area contributed by atoms with Crippen LogP contribution >= 0.6 is 0 Å². The first-order valence-corrected chi connectivity index (χ1v) is 12.8. The van der Waals surface area contributed by atoms with Crippen LogP contribution in [0, 0.1) is 23.3 Å². The molecule has 4 aromatic rings. The maximum atomic E-state index is 15.1. The van der Waals surface area contributed by atoms with Crippen LogP contribution in [0.25, 0.3) is 33.0 Å². The summed E-state index contributed by atoms with van der Waals surface area (Å²) in [6, 6.07) is 13.0. The Bertz CT molecular complexity index is 1440. The predicted octanol–water partition coefficient (Wildman–Crippen LogP) is 10.2. The first-order chi connectivity index (χ1) is 18.6. The van der Waals surface area contributed by atoms with Crippen molar-refractivity contribution >= 4 is 10.8 Å². The van der Waals surface area contributed by atoms with Crippen LogP contribution in [0.3, 0.4) is 0 Å². The lowest BCUT2D eigenvalue weighted by Crippen LogP contribution is -2.19. The Balaban J connectivity index is 1.56. The van der Waals surface area contributed by atoms with Crippen LogP contribution in [0.1, 0.15) is 44.6 Å². The second-order valence-corrected chi connectivity index (χ2v) is 9.51. The third-order valence-electron chi connectivity index (χ3n) is 6.55. The number of ether oxygens (including phenoxy) is 1. The number of alkyl halides is 3. The van der Waals surface area contributed by atoms with Gasteiger partial charge in [-0.15, -0.1) is 0 Å². The number of hydrogen-bond acceptors (Lipinski definition) is 1. The molecule has 206 valence electrons. The van der Waals surface area contributed by atoms with Gasteiger partial charge >= 0.3 is 6.18 Å². The minimum Gasteiger partial charge on any atom is -0.481 e. The molecule has 0 atom stereocenters. The number of unbranched alkanes of at least 4 members (excludes halogenated alkanes) is 4. The van der Waals surface area contributed by atoms with Gasteiger partial charge < -0.3 is 4.74 Å². The van der Waals surface area contributed by atoms with Crippen LogP contribution in [0.15, 0.2) is 60.7 Å². The van der Waals surface area contributed by atoms with Gasteiger partial charge in [-0.05, 0) is 65.3 Å². The van der Waals surface area contributed by atoms with Gasteiger partial charge in [0.1, 0.15) is 17.5 Å². The Labute approximate surface area is 222 Å². The second kappa shape index (κ2) is 12.1. The number of aryl methyl sites for hydroxylation is 1. The van der Waals surface area contributed by atoms with E-state index in [1.807, 2.05) is 0 Å². The van der Waals surface area contributed by atoms with E-state index in [1.54, 1.807) is 0 Å². The zero-order valence-corrected chi connectivity index (χ0v) is 21.3. The molecule has 39 heavy (non-hydrogen) atoms. The Morgan fingerprint density at radius 2 is 1.38 bits per heavy atom. The molecule has 0 amide bonds. The molecule has 1 nitrogen and oxygen atoms in total. The van der Waals surface area contributed by atoms with E-state index in [0.29, 0.717) is 22.9 Å². The minimum atomic E-state index is -4.61. The van der Waals surface area contributed by atoms with Crippen molar-refractivity contribution in [2.75, 3.05) is 6.61 Å². The van der Waals surface area contributed by atoms with E-state index in [2.05, 4.69) is 11.7 Å². The summed E-state index contributed by atoms with van der Waals surface area (Å²) >= 11 is 0. The van der Waals surface area contributed by atoms with Gasteiger partial charge in [-0.3, -0.25) is 0 Å². The monoisotopic (exact) mass is 548 g/mol. The number of fused-ring (bicyclic) bond motifs is 1. The third-order valence-corrected chi connectivity index (χ3v) is 6.55. The summed E-state index contributed by atoms with van der Waals surface area (Å²) in [6.45, 7) is 0.481. The largest absolute Gasteiger partial charge is 0.481 e. The van der Waals surface area contributed by atoms with Crippen molar-refractivity contribution in [3.63, 3.8) is 0 Å². The van der Waals surface area contributed by atoms with Gasteiger partial charge in [-0.2, -0.15) is 13.2 Å². The molecule has 0 aromatic heterocycles. The van der Waals surface area contributed by atoms with Crippen LogP contribution < -0.4 is 4.74 Å². The smallest absolute Gasteiger partial charge is 0.422 e. The number of rotatable bonds is 10. The molecule has 0 aliphatic rings. The lowest BCUT2D eigenvalue weighted by molar-refractivity contribution is -0.153. The van der Waals surface area contributed by atoms with Crippen molar-refractivity contribution in [3.8, 4) is 28.0 Å². The van der Waals surface area contributed by atoms with E-state index in [1.165, 1.54) is 48.5 Å². The molecule has 0 spiro atoms. The van der Waals surface area contributed by atoms with E-state index in [9.17, 15) is 26.3 Å². The first-order valence-electron chi connectivity index (χ1n) is 12.8. The van der Waals surface area contributed by atoms with Crippen LogP contribution in [0.4, 0.5) is 30.7 Å². The lowest BCUT2D eigenvalue weighted by Gasteiger charge is -2.13. The molecule has 0 aliphatic heterocycles. The summed E-state index contributed by atoms with van der Waals surface area (Å²) in [4.78, 5) is 0. The molecule has 0 radical (unpaired) electrons. The molecule has 0 fully saturated rings. The predicted molar refractivity (Wildman–Crippen MR) is 139 cm³/mol. The Morgan fingerprint density at radius 3 is 2.05 bits per heavy atom. The topological polar surface area (TPSA) is 9.23 Å². The van der Waals surface area contributed by atoms with Crippen molar-refractivity contribution in [1.82, 2.24) is 0 Å². The van der Waals surface area contributed by atoms with Gasteiger partial charge in [0, 0.05) is 10.9 Å². The molecule has 4 aromatic carbocycles. The fraction of sp³-hybridized carbons (Fsp3) is 0.290. The van der Waals surface area contributed by atoms with Crippen LogP contribution in [-0.2, 0) is 6.42 Å². The zero-order chi connectivity index (χ0) is 28.2. The molecule has 0 aliphatic carbocycles. The van der Waals surface area contributed by atoms with Gasteiger partial charge in [-0.25, -0.2) is 17.6 Å². The second-order valence-electron chi connectivity index (χ2n) is 9.51. The molecular weight excluding hydrogens is 521 g/mol. The van der Waals surface area contributed by atoms with Gasteiger partial charge in [0.25, 0.3) is 0 Å². The summed E-state index contributed by atoms with van der Waals surface area (Å²) < 4.78 is 101. The van der Waals surface area contributed by atoms with Crippen molar-refractivity contribution in [2.24, 2.45) is 0 Å². The molecule has 0 saturated heterocycles. The minimum absolute atomic E-state index is 0.00467. The van der Waals surface area contributed by atoms with E-state index in [-0.39, 0.29) is 22.1 Å². The molecule has 0 unspecified atom stereocenters. The highest BCUT2D eigenvalue weighted by Gasteiger charge is 2.29. The molecule has 8 heteroatoms. The third kappa shape index (κ3) is 6.91. The van der Waals surface area contributed by atoms with Crippen LogP contribution in [0.5, 0.6) is 5.75 Å². The number of halogens is 7. The fourth-order valence-corrected chi connectivity index (χ4v) is 4.59. The van der Waals surface area contributed by atoms with E-state index >= 15 is 4.39 Å². The summed E-state index contributed by atoms with van der Waals surface area (Å²) in [5, 5.41) is 0.320. The van der Waals surface area contributed by atoms with Crippen LogP contribution in [0.2, 0.25) is 0 Å². The van der Waals surface area contributed by atoms with E-state index < -0.39 is 41.8 Å². The Hall–Kier alpha value is -3.55. The average Bonchev–Trinajstić information content (AvgIpc) is 2.87. The zero-order valence-electron chi connectivity index (χ0n) is 21.3. The maximum absolute atomic E-state index is 15.1. The molecule has 4 rings (SSSR count). The highest BCUT2D eigenvalue weighted by molar-refractivity contribution is 5.89. The van der Waals surface area contributed by atoms with Crippen molar-refractivity contribution < 1.29 is 35.5 Å². The highest BCUT2D eigenvalue weighted by Crippen LogP contribution is 2.35. The van der Waals surface area contributed by atoms with Gasteiger partial charge in [0.05, 0.1) is 5.56 Å². The van der Waals surface area contributed by atoms with Crippen molar-refractivity contribution in [1.29, 1.82) is 0 Å². The van der Waals surface area contributed by atoms with Crippen molar-refractivity contribution in [2.45, 2.75) is 51.6 Å². The molecule has 0 N–H and O–H groups in total. The average molecular weight is 549 g/mol. The lowest BCUT2D eigenvalue weighted by atomic mass is 9.96. The normalized spacial score (nSPS) is 11.8. The number of hydrogen-bond donors (Lipinski definition) is 0. The standard InChI is InChI=1S/C31H27F7O/c1-2-3-4-5-6-7-19-14-26(33)29(27(34)15-19)22-9-11-23(25(32)17-22)20-8-12-24-21(16-20)10-13-28(30(24)35)39-18-31(36,37)38/h8-17H,2-7,18H2,1H3. The molecule has 0 saturated carbocycles. The van der Waals surface area contributed by atoms with Gasteiger partial charge in [0.15, 0.2) is 18.2 Å². The number of benzene rings is 4. The Kier molecular flexibility index (Phi) is 8.83. The van der Waals surface area contributed by atoms with Crippen molar-refractivity contribution in [3.05, 3.63) is 89.5 Å². The summed E-state index contributed by atoms with van der Waals surface area (Å²) in [5.41, 5.74) is 0.746. The first kappa shape index (κ1) is 28.5. The summed E-state index contributed by atoms with van der Waals surface area (Å²) in [5.74, 6) is -3.79. The van der Waals surface area contributed by atoms with E-state index in [4.69, 9.17) is 0 Å². The maximum Gasteiger partial charge on any atom is 0.422 e. The summed E-state index contributed by atoms with van der Waals surface area (Å²) in [7, 11) is 0. The van der Waals surface area contributed by atoms with Gasteiger partial charge in [-0.1, -0.05) is 62.9 Å². The molecular formula is C31H27F7O. The molecule has 0 heterocycles. The highest BCUT2D eigenvalue weighted by atomic mass is 19.4.